The SMILES string of the molecule is CCCn1ncc(Cl)c1C(NCC)c1cc(C)nc(C)c1. The molecule has 2 aromatic heterocycles. The number of rotatable bonds is 6. The molecule has 1 atom stereocenters. The van der Waals surface area contributed by atoms with E-state index in [0.717, 1.165) is 36.6 Å². The van der Waals surface area contributed by atoms with E-state index in [9.17, 15) is 0 Å². The van der Waals surface area contributed by atoms with Crippen LogP contribution in [0.3, 0.4) is 0 Å². The van der Waals surface area contributed by atoms with Gasteiger partial charge in [0.1, 0.15) is 0 Å². The Labute approximate surface area is 131 Å². The van der Waals surface area contributed by atoms with Gasteiger partial charge in [0.15, 0.2) is 0 Å². The molecule has 2 heterocycles. The van der Waals surface area contributed by atoms with Gasteiger partial charge in [-0.3, -0.25) is 9.67 Å². The fourth-order valence-electron chi connectivity index (χ4n) is 2.66. The Hall–Kier alpha value is -1.39. The third kappa shape index (κ3) is 3.63. The van der Waals surface area contributed by atoms with E-state index >= 15 is 0 Å². The molecule has 4 nitrogen and oxygen atoms in total. The minimum absolute atomic E-state index is 0.0388. The summed E-state index contributed by atoms with van der Waals surface area (Å²) in [4.78, 5) is 4.46. The highest BCUT2D eigenvalue weighted by Crippen LogP contribution is 2.29. The van der Waals surface area contributed by atoms with Crippen molar-refractivity contribution in [2.24, 2.45) is 0 Å². The molecule has 21 heavy (non-hydrogen) atoms. The molecule has 0 aliphatic heterocycles. The zero-order valence-electron chi connectivity index (χ0n) is 13.2. The predicted octanol–water partition coefficient (Wildman–Crippen LogP) is 3.66. The first-order valence-electron chi connectivity index (χ1n) is 7.46. The maximum atomic E-state index is 6.40. The van der Waals surface area contributed by atoms with Crippen LogP contribution in [0.4, 0.5) is 0 Å². The first kappa shape index (κ1) is 16.0. The van der Waals surface area contributed by atoms with Gasteiger partial charge in [0.05, 0.1) is 23.0 Å². The quantitative estimate of drug-likeness (QED) is 0.885. The maximum Gasteiger partial charge on any atom is 0.0837 e. The molecule has 5 heteroatoms. The van der Waals surface area contributed by atoms with Gasteiger partial charge in [-0.05, 0) is 44.5 Å². The number of pyridine rings is 1. The van der Waals surface area contributed by atoms with E-state index < -0.39 is 0 Å². The summed E-state index contributed by atoms with van der Waals surface area (Å²) in [5, 5.41) is 8.64. The van der Waals surface area contributed by atoms with E-state index in [1.807, 2.05) is 18.5 Å². The van der Waals surface area contributed by atoms with Gasteiger partial charge in [-0.25, -0.2) is 0 Å². The molecular formula is C16H23ClN4. The van der Waals surface area contributed by atoms with Crippen LogP contribution in [0, 0.1) is 13.8 Å². The van der Waals surface area contributed by atoms with Gasteiger partial charge in [0.2, 0.25) is 0 Å². The van der Waals surface area contributed by atoms with E-state index in [-0.39, 0.29) is 6.04 Å². The van der Waals surface area contributed by atoms with Crippen molar-refractivity contribution in [3.63, 3.8) is 0 Å². The van der Waals surface area contributed by atoms with Crippen LogP contribution in [-0.4, -0.2) is 21.3 Å². The Morgan fingerprint density at radius 1 is 1.24 bits per heavy atom. The third-order valence-electron chi connectivity index (χ3n) is 3.39. The molecule has 0 saturated carbocycles. The molecule has 0 aromatic carbocycles. The van der Waals surface area contributed by atoms with Crippen molar-refractivity contribution < 1.29 is 0 Å². The van der Waals surface area contributed by atoms with Crippen LogP contribution >= 0.6 is 11.6 Å². The summed E-state index contributed by atoms with van der Waals surface area (Å²) in [6.07, 6.45) is 2.76. The van der Waals surface area contributed by atoms with Crippen molar-refractivity contribution in [2.75, 3.05) is 6.54 Å². The number of halogens is 1. The number of aryl methyl sites for hydroxylation is 3. The fourth-order valence-corrected chi connectivity index (χ4v) is 2.91. The average molecular weight is 307 g/mol. The molecule has 2 rings (SSSR count). The highest BCUT2D eigenvalue weighted by atomic mass is 35.5. The molecule has 0 bridgehead atoms. The van der Waals surface area contributed by atoms with E-state index in [2.05, 4.69) is 41.4 Å². The van der Waals surface area contributed by atoms with Crippen LogP contribution in [0.2, 0.25) is 5.02 Å². The number of hydrogen-bond donors (Lipinski definition) is 1. The lowest BCUT2D eigenvalue weighted by atomic mass is 10.0. The summed E-state index contributed by atoms with van der Waals surface area (Å²) >= 11 is 6.40. The van der Waals surface area contributed by atoms with E-state index in [1.165, 1.54) is 5.56 Å². The Morgan fingerprint density at radius 2 is 1.90 bits per heavy atom. The van der Waals surface area contributed by atoms with Gasteiger partial charge in [-0.2, -0.15) is 5.10 Å². The van der Waals surface area contributed by atoms with E-state index in [1.54, 1.807) is 6.20 Å². The summed E-state index contributed by atoms with van der Waals surface area (Å²) in [6.45, 7) is 10.0. The first-order chi connectivity index (χ1) is 10.1. The molecule has 2 aromatic rings. The highest BCUT2D eigenvalue weighted by molar-refractivity contribution is 6.31. The summed E-state index contributed by atoms with van der Waals surface area (Å²) < 4.78 is 2.00. The van der Waals surface area contributed by atoms with Gasteiger partial charge >= 0.3 is 0 Å². The monoisotopic (exact) mass is 306 g/mol. The topological polar surface area (TPSA) is 42.7 Å². The smallest absolute Gasteiger partial charge is 0.0837 e. The fraction of sp³-hybridized carbons (Fsp3) is 0.500. The average Bonchev–Trinajstić information content (AvgIpc) is 2.77. The predicted molar refractivity (Wildman–Crippen MR) is 86.8 cm³/mol. The molecule has 0 radical (unpaired) electrons. The molecule has 1 unspecified atom stereocenters. The van der Waals surface area contributed by atoms with Crippen LogP contribution < -0.4 is 5.32 Å². The normalized spacial score (nSPS) is 12.6. The van der Waals surface area contributed by atoms with Gasteiger partial charge in [0.25, 0.3) is 0 Å². The summed E-state index contributed by atoms with van der Waals surface area (Å²) in [6, 6.07) is 4.26. The molecule has 114 valence electrons. The number of nitrogens with zero attached hydrogens (tertiary/aromatic N) is 3. The van der Waals surface area contributed by atoms with Gasteiger partial charge in [0, 0.05) is 17.9 Å². The maximum absolute atomic E-state index is 6.40. The molecule has 0 aliphatic carbocycles. The van der Waals surface area contributed by atoms with Crippen molar-refractivity contribution in [3.8, 4) is 0 Å². The van der Waals surface area contributed by atoms with Gasteiger partial charge in [-0.1, -0.05) is 25.4 Å². The number of hydrogen-bond acceptors (Lipinski definition) is 3. The molecule has 0 amide bonds. The lowest BCUT2D eigenvalue weighted by Gasteiger charge is -2.21. The second kappa shape index (κ2) is 7.05. The Bertz CT molecular complexity index is 586. The summed E-state index contributed by atoms with van der Waals surface area (Å²) in [5.41, 5.74) is 4.25. The lowest BCUT2D eigenvalue weighted by Crippen LogP contribution is -2.25. The molecule has 0 fully saturated rings. The zero-order chi connectivity index (χ0) is 15.4. The zero-order valence-corrected chi connectivity index (χ0v) is 13.9. The lowest BCUT2D eigenvalue weighted by molar-refractivity contribution is 0.520. The van der Waals surface area contributed by atoms with Crippen LogP contribution in [0.25, 0.3) is 0 Å². The van der Waals surface area contributed by atoms with Crippen molar-refractivity contribution >= 4 is 11.6 Å². The largest absolute Gasteiger partial charge is 0.305 e. The Balaban J connectivity index is 2.50. The number of aromatic nitrogens is 3. The molecule has 0 saturated heterocycles. The molecular weight excluding hydrogens is 284 g/mol. The first-order valence-corrected chi connectivity index (χ1v) is 7.84. The minimum atomic E-state index is 0.0388. The van der Waals surface area contributed by atoms with Crippen molar-refractivity contribution in [1.82, 2.24) is 20.1 Å². The van der Waals surface area contributed by atoms with Gasteiger partial charge < -0.3 is 5.32 Å². The number of nitrogens with one attached hydrogen (secondary N) is 1. The second-order valence-electron chi connectivity index (χ2n) is 5.27. The van der Waals surface area contributed by atoms with Crippen molar-refractivity contribution in [2.45, 2.75) is 46.7 Å². The van der Waals surface area contributed by atoms with Crippen molar-refractivity contribution in [3.05, 3.63) is 46.0 Å². The molecule has 1 N–H and O–H groups in total. The Kier molecular flexibility index (Phi) is 5.37. The molecule has 0 spiro atoms. The standard InChI is InChI=1S/C16H23ClN4/c1-5-7-21-16(14(17)10-19-21)15(18-6-2)13-8-11(3)20-12(4)9-13/h8-10,15,18H,5-7H2,1-4H3. The van der Waals surface area contributed by atoms with Crippen molar-refractivity contribution in [1.29, 1.82) is 0 Å². The third-order valence-corrected chi connectivity index (χ3v) is 3.68. The summed E-state index contributed by atoms with van der Waals surface area (Å²) in [7, 11) is 0. The second-order valence-corrected chi connectivity index (χ2v) is 5.68. The minimum Gasteiger partial charge on any atom is -0.305 e. The van der Waals surface area contributed by atoms with E-state index in [0.29, 0.717) is 5.02 Å². The van der Waals surface area contributed by atoms with Crippen LogP contribution in [0.5, 0.6) is 0 Å². The summed E-state index contributed by atoms with van der Waals surface area (Å²) in [5.74, 6) is 0. The van der Waals surface area contributed by atoms with Crippen LogP contribution in [-0.2, 0) is 6.54 Å². The van der Waals surface area contributed by atoms with Gasteiger partial charge in [-0.15, -0.1) is 0 Å². The van der Waals surface area contributed by atoms with Crippen LogP contribution in [0.15, 0.2) is 18.3 Å². The van der Waals surface area contributed by atoms with Crippen LogP contribution in [0.1, 0.15) is 49.0 Å². The highest BCUT2D eigenvalue weighted by Gasteiger charge is 2.21. The van der Waals surface area contributed by atoms with E-state index in [4.69, 9.17) is 11.6 Å². The Morgan fingerprint density at radius 3 is 2.48 bits per heavy atom. The molecule has 0 aliphatic rings.